The zero-order valence-electron chi connectivity index (χ0n) is 20.2. The van der Waals surface area contributed by atoms with Crippen molar-refractivity contribution >= 4 is 23.4 Å². The molecule has 0 saturated heterocycles. The zero-order valence-corrected chi connectivity index (χ0v) is 20.2. The molecule has 36 heavy (non-hydrogen) atoms. The maximum absolute atomic E-state index is 13.7. The van der Waals surface area contributed by atoms with Crippen LogP contribution in [-0.2, 0) is 11.3 Å². The Morgan fingerprint density at radius 3 is 2.42 bits per heavy atom. The van der Waals surface area contributed by atoms with E-state index in [0.29, 0.717) is 53.4 Å². The molecule has 1 atom stereocenters. The molecular weight excluding hydrogens is 458 g/mol. The van der Waals surface area contributed by atoms with Crippen LogP contribution in [0.4, 0.5) is 5.69 Å². The molecule has 5 rings (SSSR count). The lowest BCUT2D eigenvalue weighted by Crippen LogP contribution is -2.48. The van der Waals surface area contributed by atoms with Crippen molar-refractivity contribution in [1.82, 2.24) is 10.2 Å². The molecular formula is C28H27N3O5. The second-order valence-electron chi connectivity index (χ2n) is 8.70. The van der Waals surface area contributed by atoms with E-state index < -0.39 is 6.17 Å². The summed E-state index contributed by atoms with van der Waals surface area (Å²) in [6, 6.07) is 20.3. The van der Waals surface area contributed by atoms with Crippen molar-refractivity contribution < 1.29 is 23.9 Å². The Balaban J connectivity index is 1.40. The fourth-order valence-electron chi connectivity index (χ4n) is 4.95. The maximum atomic E-state index is 13.7. The average molecular weight is 486 g/mol. The average Bonchev–Trinajstić information content (AvgIpc) is 3.21. The summed E-state index contributed by atoms with van der Waals surface area (Å²) >= 11 is 0. The first-order chi connectivity index (χ1) is 17.5. The van der Waals surface area contributed by atoms with Crippen LogP contribution in [0.25, 0.3) is 0 Å². The summed E-state index contributed by atoms with van der Waals surface area (Å²) in [5.41, 5.74) is 3.10. The van der Waals surface area contributed by atoms with Crippen LogP contribution in [0.1, 0.15) is 50.9 Å². The molecule has 0 unspecified atom stereocenters. The maximum Gasteiger partial charge on any atom is 0.264 e. The number of carbonyl (C=O) groups is 3. The van der Waals surface area contributed by atoms with Gasteiger partial charge in [-0.1, -0.05) is 48.5 Å². The van der Waals surface area contributed by atoms with Crippen LogP contribution >= 0.6 is 0 Å². The largest absolute Gasteiger partial charge is 0.493 e. The molecule has 8 heteroatoms. The molecule has 0 fully saturated rings. The number of methoxy groups -OCH3 is 2. The summed E-state index contributed by atoms with van der Waals surface area (Å²) in [5, 5.41) is 2.92. The first-order valence-electron chi connectivity index (χ1n) is 11.8. The molecule has 2 aliphatic heterocycles. The molecule has 2 heterocycles. The monoisotopic (exact) mass is 485 g/mol. The van der Waals surface area contributed by atoms with E-state index in [1.54, 1.807) is 40.1 Å². The van der Waals surface area contributed by atoms with Crippen molar-refractivity contribution in [1.29, 1.82) is 0 Å². The van der Waals surface area contributed by atoms with E-state index >= 15 is 0 Å². The minimum atomic E-state index is -0.623. The number of benzene rings is 3. The predicted molar refractivity (Wildman–Crippen MR) is 134 cm³/mol. The van der Waals surface area contributed by atoms with Crippen molar-refractivity contribution in [3.8, 4) is 11.5 Å². The van der Waals surface area contributed by atoms with Crippen molar-refractivity contribution in [3.05, 3.63) is 89.0 Å². The molecule has 3 amide bonds. The quantitative estimate of drug-likeness (QED) is 0.523. The highest BCUT2D eigenvalue weighted by atomic mass is 16.5. The Labute approximate surface area is 209 Å². The van der Waals surface area contributed by atoms with Crippen LogP contribution in [0.2, 0.25) is 0 Å². The Bertz CT molecular complexity index is 1320. The number of nitrogens with zero attached hydrogens (tertiary/aromatic N) is 2. The fourth-order valence-corrected chi connectivity index (χ4v) is 4.95. The van der Waals surface area contributed by atoms with Gasteiger partial charge in [-0.3, -0.25) is 19.3 Å². The highest BCUT2D eigenvalue weighted by Crippen LogP contribution is 2.49. The number of amides is 3. The van der Waals surface area contributed by atoms with Crippen LogP contribution in [0.3, 0.4) is 0 Å². The minimum Gasteiger partial charge on any atom is -0.493 e. The van der Waals surface area contributed by atoms with Gasteiger partial charge >= 0.3 is 0 Å². The van der Waals surface area contributed by atoms with Gasteiger partial charge in [0.25, 0.3) is 11.8 Å². The van der Waals surface area contributed by atoms with E-state index in [-0.39, 0.29) is 24.1 Å². The lowest BCUT2D eigenvalue weighted by atomic mass is 10.0. The first kappa shape index (κ1) is 23.4. The van der Waals surface area contributed by atoms with Crippen LogP contribution in [0, 0.1) is 0 Å². The lowest BCUT2D eigenvalue weighted by molar-refractivity contribution is -0.121. The van der Waals surface area contributed by atoms with Gasteiger partial charge in [0.05, 0.1) is 31.0 Å². The molecule has 1 N–H and O–H groups in total. The van der Waals surface area contributed by atoms with Gasteiger partial charge in [0.1, 0.15) is 6.17 Å². The molecule has 0 radical (unpaired) electrons. The first-order valence-corrected chi connectivity index (χ1v) is 11.8. The Morgan fingerprint density at radius 1 is 0.917 bits per heavy atom. The normalized spacial score (nSPS) is 15.8. The second-order valence-corrected chi connectivity index (χ2v) is 8.70. The molecule has 3 aromatic rings. The zero-order chi connectivity index (χ0) is 25.2. The number of para-hydroxylation sites is 1. The van der Waals surface area contributed by atoms with Gasteiger partial charge < -0.3 is 19.7 Å². The standard InChI is InChI=1S/C28H27N3O5/c1-35-22-15-14-20-24(25(22)36-2)28(34)31-21-12-7-6-11-19(21)27(33)30(26(20)31)16-8-13-23(32)29-17-18-9-4-3-5-10-18/h3-7,9-12,14-15,26H,8,13,16-17H2,1-2H3,(H,29,32)/t26-/m1/s1. The third kappa shape index (κ3) is 3.94. The van der Waals surface area contributed by atoms with E-state index in [0.717, 1.165) is 5.56 Å². The Morgan fingerprint density at radius 2 is 1.67 bits per heavy atom. The summed E-state index contributed by atoms with van der Waals surface area (Å²) in [6.07, 6.45) is 0.0926. The van der Waals surface area contributed by atoms with E-state index in [1.807, 2.05) is 36.4 Å². The minimum absolute atomic E-state index is 0.0881. The smallest absolute Gasteiger partial charge is 0.264 e. The van der Waals surface area contributed by atoms with Gasteiger partial charge in [0, 0.05) is 25.1 Å². The number of ether oxygens (including phenoxy) is 2. The van der Waals surface area contributed by atoms with Gasteiger partial charge in [-0.15, -0.1) is 0 Å². The SMILES string of the molecule is COc1ccc2c(c1OC)C(=O)N1c3ccccc3C(=O)N(CCCC(=O)NCc3ccccc3)[C@@H]21. The van der Waals surface area contributed by atoms with Gasteiger partial charge in [-0.05, 0) is 30.2 Å². The van der Waals surface area contributed by atoms with Crippen molar-refractivity contribution in [2.75, 3.05) is 25.7 Å². The summed E-state index contributed by atoms with van der Waals surface area (Å²) < 4.78 is 11.0. The molecule has 0 saturated carbocycles. The Hall–Kier alpha value is -4.33. The second kappa shape index (κ2) is 9.73. The van der Waals surface area contributed by atoms with E-state index in [2.05, 4.69) is 5.32 Å². The molecule has 8 nitrogen and oxygen atoms in total. The number of hydrogen-bond acceptors (Lipinski definition) is 5. The van der Waals surface area contributed by atoms with Gasteiger partial charge in [-0.2, -0.15) is 0 Å². The molecule has 2 aliphatic rings. The highest BCUT2D eigenvalue weighted by Gasteiger charge is 2.49. The highest BCUT2D eigenvalue weighted by molar-refractivity contribution is 6.18. The third-order valence-electron chi connectivity index (χ3n) is 6.62. The number of hydrogen-bond donors (Lipinski definition) is 1. The van der Waals surface area contributed by atoms with E-state index in [1.165, 1.54) is 14.2 Å². The van der Waals surface area contributed by atoms with E-state index in [4.69, 9.17) is 9.47 Å². The van der Waals surface area contributed by atoms with Crippen LogP contribution < -0.4 is 19.7 Å². The van der Waals surface area contributed by atoms with E-state index in [9.17, 15) is 14.4 Å². The van der Waals surface area contributed by atoms with Crippen molar-refractivity contribution in [2.24, 2.45) is 0 Å². The van der Waals surface area contributed by atoms with Crippen LogP contribution in [0.5, 0.6) is 11.5 Å². The molecule has 0 bridgehead atoms. The molecule has 3 aromatic carbocycles. The third-order valence-corrected chi connectivity index (χ3v) is 6.62. The summed E-state index contributed by atoms with van der Waals surface area (Å²) in [7, 11) is 3.01. The fraction of sp³-hybridized carbons (Fsp3) is 0.250. The summed E-state index contributed by atoms with van der Waals surface area (Å²) in [5.74, 6) is 0.281. The Kier molecular flexibility index (Phi) is 6.33. The number of anilines is 1. The molecule has 184 valence electrons. The number of carbonyl (C=O) groups excluding carboxylic acids is 3. The van der Waals surface area contributed by atoms with Crippen LogP contribution in [-0.4, -0.2) is 43.4 Å². The van der Waals surface area contributed by atoms with Gasteiger partial charge in [-0.25, -0.2) is 0 Å². The van der Waals surface area contributed by atoms with Crippen molar-refractivity contribution in [3.63, 3.8) is 0 Å². The molecule has 0 spiro atoms. The molecule has 0 aromatic heterocycles. The number of fused-ring (bicyclic) bond motifs is 5. The summed E-state index contributed by atoms with van der Waals surface area (Å²) in [6.45, 7) is 0.768. The van der Waals surface area contributed by atoms with Crippen molar-refractivity contribution in [2.45, 2.75) is 25.6 Å². The number of rotatable bonds is 8. The van der Waals surface area contributed by atoms with Gasteiger partial charge in [0.15, 0.2) is 11.5 Å². The topological polar surface area (TPSA) is 88.2 Å². The lowest BCUT2D eigenvalue weighted by Gasteiger charge is -2.41. The number of nitrogens with one attached hydrogen (secondary N) is 1. The predicted octanol–water partition coefficient (Wildman–Crippen LogP) is 3.92. The van der Waals surface area contributed by atoms with Gasteiger partial charge in [0.2, 0.25) is 5.91 Å². The molecule has 0 aliphatic carbocycles. The summed E-state index contributed by atoms with van der Waals surface area (Å²) in [4.78, 5) is 43.0. The van der Waals surface area contributed by atoms with Crippen LogP contribution in [0.15, 0.2) is 66.7 Å².